The molecule has 2 fully saturated rings. The van der Waals surface area contributed by atoms with E-state index in [1.54, 1.807) is 0 Å². The number of amides is 1. The number of likely N-dealkylation sites (tertiary alicyclic amines) is 1. The van der Waals surface area contributed by atoms with Gasteiger partial charge in [0.05, 0.1) is 19.8 Å². The Balaban J connectivity index is 1.31. The topological polar surface area (TPSA) is 42.0 Å². The molecular weight excluding hydrogens is 312 g/mol. The van der Waals surface area contributed by atoms with Gasteiger partial charge >= 0.3 is 0 Å². The number of rotatable bonds is 3. The molecule has 1 aromatic rings. The Kier molecular flexibility index (Phi) is 4.66. The lowest BCUT2D eigenvalue weighted by atomic mass is 9.97. The van der Waals surface area contributed by atoms with Gasteiger partial charge in [0.15, 0.2) is 6.29 Å². The van der Waals surface area contributed by atoms with Crippen LogP contribution in [-0.4, -0.2) is 61.4 Å². The second-order valence-electron chi connectivity index (χ2n) is 6.68. The van der Waals surface area contributed by atoms with Crippen molar-refractivity contribution in [2.24, 2.45) is 5.92 Å². The van der Waals surface area contributed by atoms with Crippen LogP contribution in [0.25, 0.3) is 0 Å². The van der Waals surface area contributed by atoms with E-state index in [-0.39, 0.29) is 12.2 Å². The lowest BCUT2D eigenvalue weighted by Gasteiger charge is -2.36. The van der Waals surface area contributed by atoms with Crippen LogP contribution in [-0.2, 0) is 27.2 Å². The van der Waals surface area contributed by atoms with Gasteiger partial charge in [-0.1, -0.05) is 0 Å². The lowest BCUT2D eigenvalue weighted by molar-refractivity contribution is -0.136. The predicted molar refractivity (Wildman–Crippen MR) is 88.3 cm³/mol. The number of nitrogens with zero attached hydrogens (tertiary/aromatic N) is 2. The summed E-state index contributed by atoms with van der Waals surface area (Å²) in [6, 6.07) is 2.16. The van der Waals surface area contributed by atoms with Crippen LogP contribution in [0.4, 0.5) is 0 Å². The highest BCUT2D eigenvalue weighted by Crippen LogP contribution is 2.26. The summed E-state index contributed by atoms with van der Waals surface area (Å²) in [7, 11) is 0. The molecular formula is C17H24N2O3S. The molecule has 23 heavy (non-hydrogen) atoms. The smallest absolute Gasteiger partial charge is 0.237 e. The molecule has 4 rings (SSSR count). The first-order chi connectivity index (χ1) is 11.3. The van der Waals surface area contributed by atoms with Gasteiger partial charge < -0.3 is 14.4 Å². The number of ether oxygens (including phenoxy) is 2. The van der Waals surface area contributed by atoms with Crippen molar-refractivity contribution in [2.75, 3.05) is 39.4 Å². The molecule has 3 aliphatic rings. The molecule has 1 unspecified atom stereocenters. The van der Waals surface area contributed by atoms with Gasteiger partial charge in [-0.25, -0.2) is 0 Å². The van der Waals surface area contributed by atoms with E-state index in [1.165, 1.54) is 10.4 Å². The Hall–Kier alpha value is -0.950. The van der Waals surface area contributed by atoms with Crippen molar-refractivity contribution in [1.29, 1.82) is 0 Å². The van der Waals surface area contributed by atoms with Crippen molar-refractivity contribution in [3.8, 4) is 0 Å². The molecule has 126 valence electrons. The van der Waals surface area contributed by atoms with Gasteiger partial charge in [-0.3, -0.25) is 9.69 Å². The standard InChI is InChI=1S/C17H24N2O3S/c20-16(19-6-3-15-13(11-19)4-9-23-15)12-18-5-1-2-14(10-18)17-21-7-8-22-17/h4,9,14,17H,1-3,5-8,10-12H2. The average molecular weight is 336 g/mol. The highest BCUT2D eigenvalue weighted by atomic mass is 32.1. The maximum Gasteiger partial charge on any atom is 0.237 e. The fourth-order valence-corrected chi connectivity index (χ4v) is 4.75. The highest BCUT2D eigenvalue weighted by molar-refractivity contribution is 7.10. The van der Waals surface area contributed by atoms with Crippen LogP contribution in [0.5, 0.6) is 0 Å². The van der Waals surface area contributed by atoms with Crippen LogP contribution in [0.15, 0.2) is 11.4 Å². The summed E-state index contributed by atoms with van der Waals surface area (Å²) in [6.45, 7) is 5.50. The van der Waals surface area contributed by atoms with E-state index in [0.29, 0.717) is 25.7 Å². The van der Waals surface area contributed by atoms with Crippen molar-refractivity contribution in [1.82, 2.24) is 9.80 Å². The Morgan fingerprint density at radius 3 is 3.04 bits per heavy atom. The van der Waals surface area contributed by atoms with Crippen LogP contribution >= 0.6 is 11.3 Å². The van der Waals surface area contributed by atoms with Crippen molar-refractivity contribution in [3.63, 3.8) is 0 Å². The van der Waals surface area contributed by atoms with Gasteiger partial charge in [-0.15, -0.1) is 11.3 Å². The fourth-order valence-electron chi connectivity index (χ4n) is 3.86. The van der Waals surface area contributed by atoms with Crippen LogP contribution in [0.3, 0.4) is 0 Å². The minimum atomic E-state index is -0.0590. The normalized spacial score (nSPS) is 26.4. The minimum absolute atomic E-state index is 0.0590. The predicted octanol–water partition coefficient (Wildman–Crippen LogP) is 1.72. The second kappa shape index (κ2) is 6.89. The Morgan fingerprint density at radius 1 is 1.30 bits per heavy atom. The molecule has 3 aliphatic heterocycles. The molecule has 0 bridgehead atoms. The van der Waals surface area contributed by atoms with Crippen molar-refractivity contribution < 1.29 is 14.3 Å². The van der Waals surface area contributed by atoms with Crippen LogP contribution in [0.2, 0.25) is 0 Å². The summed E-state index contributed by atoms with van der Waals surface area (Å²) in [5.74, 6) is 0.666. The summed E-state index contributed by atoms with van der Waals surface area (Å²) >= 11 is 1.81. The number of carbonyl (C=O) groups is 1. The van der Waals surface area contributed by atoms with E-state index in [9.17, 15) is 4.79 Å². The largest absolute Gasteiger partial charge is 0.350 e. The van der Waals surface area contributed by atoms with E-state index < -0.39 is 0 Å². The third-order valence-electron chi connectivity index (χ3n) is 5.09. The van der Waals surface area contributed by atoms with Gasteiger partial charge in [0.25, 0.3) is 0 Å². The number of piperidine rings is 1. The van der Waals surface area contributed by atoms with Gasteiger partial charge in [-0.05, 0) is 42.8 Å². The molecule has 6 heteroatoms. The quantitative estimate of drug-likeness (QED) is 0.843. The van der Waals surface area contributed by atoms with Gasteiger partial charge in [0.2, 0.25) is 5.91 Å². The van der Waals surface area contributed by atoms with Gasteiger partial charge in [-0.2, -0.15) is 0 Å². The summed E-state index contributed by atoms with van der Waals surface area (Å²) in [4.78, 5) is 18.4. The second-order valence-corrected chi connectivity index (χ2v) is 7.68. The van der Waals surface area contributed by atoms with E-state index in [4.69, 9.17) is 9.47 Å². The molecule has 4 heterocycles. The SMILES string of the molecule is O=C(CN1CCCC(C2OCCO2)C1)N1CCc2sccc2C1. The van der Waals surface area contributed by atoms with E-state index in [0.717, 1.165) is 45.4 Å². The molecule has 2 saturated heterocycles. The zero-order valence-corrected chi connectivity index (χ0v) is 14.2. The first-order valence-corrected chi connectivity index (χ1v) is 9.46. The molecule has 1 amide bonds. The molecule has 0 aromatic carbocycles. The molecule has 5 nitrogen and oxygen atoms in total. The summed E-state index contributed by atoms with van der Waals surface area (Å²) in [5.41, 5.74) is 1.33. The molecule has 0 radical (unpaired) electrons. The van der Waals surface area contributed by atoms with Crippen molar-refractivity contribution in [2.45, 2.75) is 32.1 Å². The van der Waals surface area contributed by atoms with Crippen LogP contribution in [0.1, 0.15) is 23.3 Å². The number of thiophene rings is 1. The number of carbonyl (C=O) groups excluding carboxylic acids is 1. The molecule has 0 N–H and O–H groups in total. The van der Waals surface area contributed by atoms with E-state index >= 15 is 0 Å². The van der Waals surface area contributed by atoms with Crippen molar-refractivity contribution >= 4 is 17.2 Å². The van der Waals surface area contributed by atoms with E-state index in [2.05, 4.69) is 16.3 Å². The van der Waals surface area contributed by atoms with Crippen LogP contribution in [0, 0.1) is 5.92 Å². The lowest BCUT2D eigenvalue weighted by Crippen LogP contribution is -2.47. The Labute approximate surface area is 141 Å². The Bertz CT molecular complexity index is 556. The van der Waals surface area contributed by atoms with Gasteiger partial charge in [0, 0.05) is 30.4 Å². The Morgan fingerprint density at radius 2 is 2.17 bits per heavy atom. The molecule has 1 aromatic heterocycles. The maximum atomic E-state index is 12.7. The summed E-state index contributed by atoms with van der Waals surface area (Å²) in [5, 5.41) is 2.13. The van der Waals surface area contributed by atoms with Crippen LogP contribution < -0.4 is 0 Å². The fraction of sp³-hybridized carbons (Fsp3) is 0.706. The maximum absolute atomic E-state index is 12.7. The third-order valence-corrected chi connectivity index (χ3v) is 6.12. The number of hydrogen-bond donors (Lipinski definition) is 0. The number of hydrogen-bond acceptors (Lipinski definition) is 5. The average Bonchev–Trinajstić information content (AvgIpc) is 3.26. The molecule has 0 spiro atoms. The third kappa shape index (κ3) is 3.45. The first kappa shape index (κ1) is 15.6. The zero-order valence-electron chi connectivity index (χ0n) is 13.4. The minimum Gasteiger partial charge on any atom is -0.350 e. The van der Waals surface area contributed by atoms with E-state index in [1.807, 2.05) is 16.2 Å². The highest BCUT2D eigenvalue weighted by Gasteiger charge is 2.32. The molecule has 1 atom stereocenters. The number of fused-ring (bicyclic) bond motifs is 1. The first-order valence-electron chi connectivity index (χ1n) is 8.58. The zero-order chi connectivity index (χ0) is 15.6. The monoisotopic (exact) mass is 336 g/mol. The molecule has 0 aliphatic carbocycles. The summed E-state index contributed by atoms with van der Waals surface area (Å²) < 4.78 is 11.3. The molecule has 0 saturated carbocycles. The van der Waals surface area contributed by atoms with Crippen molar-refractivity contribution in [3.05, 3.63) is 21.9 Å². The summed E-state index contributed by atoms with van der Waals surface area (Å²) in [6.07, 6.45) is 3.20. The van der Waals surface area contributed by atoms with Gasteiger partial charge in [0.1, 0.15) is 0 Å².